The first kappa shape index (κ1) is 20.0. The number of Topliss-reactive ketones (excluding diaryl/α,β-unsaturated/α-hetero) is 1. The fraction of sp³-hybridized carbons (Fsp3) is 0.600. The van der Waals surface area contributed by atoms with E-state index in [-0.39, 0.29) is 28.5 Å². The summed E-state index contributed by atoms with van der Waals surface area (Å²) >= 11 is 0. The molecule has 0 spiro atoms. The minimum absolute atomic E-state index is 0.0938. The van der Waals surface area contributed by atoms with Crippen molar-refractivity contribution in [3.05, 3.63) is 29.8 Å². The average Bonchev–Trinajstić information content (AvgIpc) is 3.46. The van der Waals surface area contributed by atoms with Crippen molar-refractivity contribution in [3.63, 3.8) is 0 Å². The molecule has 2 aliphatic rings. The van der Waals surface area contributed by atoms with Gasteiger partial charge < -0.3 is 4.90 Å². The molecule has 1 aliphatic carbocycles. The number of rotatable bonds is 6. The van der Waals surface area contributed by atoms with Crippen LogP contribution in [0.15, 0.2) is 29.2 Å². The van der Waals surface area contributed by atoms with Crippen LogP contribution in [-0.4, -0.2) is 54.5 Å². The average molecular weight is 393 g/mol. The summed E-state index contributed by atoms with van der Waals surface area (Å²) in [6.45, 7) is 6.24. The van der Waals surface area contributed by atoms with Gasteiger partial charge in [0.2, 0.25) is 15.9 Å². The maximum absolute atomic E-state index is 12.9. The Kier molecular flexibility index (Phi) is 5.72. The van der Waals surface area contributed by atoms with Crippen LogP contribution in [0.25, 0.3) is 0 Å². The van der Waals surface area contributed by atoms with Gasteiger partial charge in [-0.1, -0.05) is 12.1 Å². The second kappa shape index (κ2) is 7.72. The number of hydrogen-bond acceptors (Lipinski definition) is 4. The number of benzene rings is 1. The van der Waals surface area contributed by atoms with E-state index in [9.17, 15) is 18.0 Å². The number of amides is 1. The first-order chi connectivity index (χ1) is 12.7. The quantitative estimate of drug-likeness (QED) is 0.698. The Morgan fingerprint density at radius 2 is 1.59 bits per heavy atom. The summed E-state index contributed by atoms with van der Waals surface area (Å²) in [5, 5.41) is 0. The number of carbonyl (C=O) groups is 2. The molecule has 1 saturated carbocycles. The maximum Gasteiger partial charge on any atom is 0.243 e. The molecule has 1 aromatic rings. The van der Waals surface area contributed by atoms with Crippen molar-refractivity contribution in [3.8, 4) is 0 Å². The van der Waals surface area contributed by atoms with E-state index in [4.69, 9.17) is 0 Å². The predicted molar refractivity (Wildman–Crippen MR) is 103 cm³/mol. The van der Waals surface area contributed by atoms with E-state index in [0.717, 1.165) is 12.8 Å². The number of piperidine rings is 1. The molecule has 1 aliphatic heterocycles. The summed E-state index contributed by atoms with van der Waals surface area (Å²) < 4.78 is 27.2. The normalized spacial score (nSPS) is 19.3. The van der Waals surface area contributed by atoms with Gasteiger partial charge in [-0.25, -0.2) is 8.42 Å². The van der Waals surface area contributed by atoms with E-state index >= 15 is 0 Å². The topological polar surface area (TPSA) is 74.8 Å². The van der Waals surface area contributed by atoms with E-state index in [1.165, 1.54) is 23.4 Å². The summed E-state index contributed by atoms with van der Waals surface area (Å²) in [7, 11) is -3.60. The summed E-state index contributed by atoms with van der Waals surface area (Å²) in [6.07, 6.45) is 3.26. The van der Waals surface area contributed by atoms with E-state index in [0.29, 0.717) is 37.5 Å². The molecule has 0 unspecified atom stereocenters. The van der Waals surface area contributed by atoms with E-state index < -0.39 is 10.0 Å². The fourth-order valence-electron chi connectivity index (χ4n) is 3.77. The van der Waals surface area contributed by atoms with Gasteiger partial charge in [-0.3, -0.25) is 9.59 Å². The predicted octanol–water partition coefficient (Wildman–Crippen LogP) is 2.69. The molecule has 27 heavy (non-hydrogen) atoms. The highest BCUT2D eigenvalue weighted by atomic mass is 32.2. The van der Waals surface area contributed by atoms with Crippen LogP contribution in [0.5, 0.6) is 0 Å². The highest BCUT2D eigenvalue weighted by Crippen LogP contribution is 2.32. The van der Waals surface area contributed by atoms with Crippen molar-refractivity contribution >= 4 is 21.7 Å². The lowest BCUT2D eigenvalue weighted by atomic mass is 9.96. The lowest BCUT2D eigenvalue weighted by molar-refractivity contribution is -0.139. The van der Waals surface area contributed by atoms with Gasteiger partial charge in [0, 0.05) is 36.7 Å². The van der Waals surface area contributed by atoms with Gasteiger partial charge in [-0.05, 0) is 58.6 Å². The lowest BCUT2D eigenvalue weighted by Crippen LogP contribution is -2.47. The van der Waals surface area contributed by atoms with Crippen LogP contribution in [0.2, 0.25) is 0 Å². The molecule has 3 rings (SSSR count). The third kappa shape index (κ3) is 4.24. The Labute approximate surface area is 161 Å². The van der Waals surface area contributed by atoms with Gasteiger partial charge >= 0.3 is 0 Å². The van der Waals surface area contributed by atoms with Gasteiger partial charge in [0.1, 0.15) is 0 Å². The Bertz CT molecular complexity index is 803. The molecule has 0 bridgehead atoms. The minimum atomic E-state index is -3.60. The Hall–Kier alpha value is -1.73. The standard InChI is InChI=1S/C20H28N2O4S/c1-14(2)22(18-6-7-18)20(24)17-10-12-21(13-11-17)27(25,26)19-8-4-16(5-9-19)15(3)23/h4-5,8-9,14,17-18H,6-7,10-13H2,1-3H3. The highest BCUT2D eigenvalue weighted by molar-refractivity contribution is 7.89. The van der Waals surface area contributed by atoms with Crippen molar-refractivity contribution in [1.29, 1.82) is 0 Å². The first-order valence-electron chi connectivity index (χ1n) is 9.65. The highest BCUT2D eigenvalue weighted by Gasteiger charge is 2.39. The molecule has 6 nitrogen and oxygen atoms in total. The molecular formula is C20H28N2O4S. The molecular weight excluding hydrogens is 364 g/mol. The third-order valence-electron chi connectivity index (χ3n) is 5.45. The van der Waals surface area contributed by atoms with Crippen LogP contribution in [0.3, 0.4) is 0 Å². The van der Waals surface area contributed by atoms with Crippen LogP contribution in [-0.2, 0) is 14.8 Å². The molecule has 2 fully saturated rings. The number of sulfonamides is 1. The van der Waals surface area contributed by atoms with Gasteiger partial charge in [-0.2, -0.15) is 4.31 Å². The number of nitrogens with zero attached hydrogens (tertiary/aromatic N) is 2. The number of hydrogen-bond donors (Lipinski definition) is 0. The SMILES string of the molecule is CC(=O)c1ccc(S(=O)(=O)N2CCC(C(=O)N(C(C)C)C3CC3)CC2)cc1. The summed E-state index contributed by atoms with van der Waals surface area (Å²) in [6, 6.07) is 6.61. The van der Waals surface area contributed by atoms with Crippen molar-refractivity contribution in [2.75, 3.05) is 13.1 Å². The maximum atomic E-state index is 12.9. The molecule has 0 radical (unpaired) electrons. The van der Waals surface area contributed by atoms with E-state index in [1.54, 1.807) is 12.1 Å². The first-order valence-corrected chi connectivity index (χ1v) is 11.1. The zero-order valence-corrected chi connectivity index (χ0v) is 17.0. The minimum Gasteiger partial charge on any atom is -0.337 e. The zero-order valence-electron chi connectivity index (χ0n) is 16.2. The van der Waals surface area contributed by atoms with Crippen LogP contribution < -0.4 is 0 Å². The van der Waals surface area contributed by atoms with Crippen LogP contribution in [0, 0.1) is 5.92 Å². The molecule has 0 aromatic heterocycles. The second-order valence-electron chi connectivity index (χ2n) is 7.83. The van der Waals surface area contributed by atoms with Gasteiger partial charge in [0.15, 0.2) is 5.78 Å². The van der Waals surface area contributed by atoms with Crippen LogP contribution in [0.4, 0.5) is 0 Å². The Balaban J connectivity index is 1.65. The molecule has 1 aromatic carbocycles. The second-order valence-corrected chi connectivity index (χ2v) is 9.77. The molecule has 1 heterocycles. The Morgan fingerprint density at radius 1 is 1.04 bits per heavy atom. The molecule has 1 amide bonds. The molecule has 7 heteroatoms. The van der Waals surface area contributed by atoms with Crippen LogP contribution in [0.1, 0.15) is 56.8 Å². The van der Waals surface area contributed by atoms with Gasteiger partial charge in [-0.15, -0.1) is 0 Å². The summed E-state index contributed by atoms with van der Waals surface area (Å²) in [5.41, 5.74) is 0.493. The smallest absolute Gasteiger partial charge is 0.243 e. The third-order valence-corrected chi connectivity index (χ3v) is 7.37. The van der Waals surface area contributed by atoms with Crippen molar-refractivity contribution in [2.45, 2.75) is 63.4 Å². The van der Waals surface area contributed by atoms with E-state index in [1.807, 2.05) is 18.7 Å². The fourth-order valence-corrected chi connectivity index (χ4v) is 5.24. The summed E-state index contributed by atoms with van der Waals surface area (Å²) in [4.78, 5) is 26.4. The van der Waals surface area contributed by atoms with Gasteiger partial charge in [0.25, 0.3) is 0 Å². The largest absolute Gasteiger partial charge is 0.337 e. The van der Waals surface area contributed by atoms with Crippen molar-refractivity contribution < 1.29 is 18.0 Å². The van der Waals surface area contributed by atoms with Gasteiger partial charge in [0.05, 0.1) is 4.90 Å². The number of carbonyl (C=O) groups excluding carboxylic acids is 2. The number of ketones is 1. The molecule has 1 saturated heterocycles. The van der Waals surface area contributed by atoms with E-state index in [2.05, 4.69) is 0 Å². The zero-order chi connectivity index (χ0) is 19.8. The van der Waals surface area contributed by atoms with Crippen molar-refractivity contribution in [2.24, 2.45) is 5.92 Å². The lowest BCUT2D eigenvalue weighted by Gasteiger charge is -2.35. The van der Waals surface area contributed by atoms with Crippen LogP contribution >= 0.6 is 0 Å². The Morgan fingerprint density at radius 3 is 2.04 bits per heavy atom. The molecule has 0 N–H and O–H groups in total. The van der Waals surface area contributed by atoms with Crippen molar-refractivity contribution in [1.82, 2.24) is 9.21 Å². The monoisotopic (exact) mass is 392 g/mol. The molecule has 148 valence electrons. The summed E-state index contributed by atoms with van der Waals surface area (Å²) in [5.74, 6) is -0.0152. The molecule has 0 atom stereocenters.